The zero-order valence-electron chi connectivity index (χ0n) is 19.9. The number of piperidine rings is 1. The molecule has 2 aliphatic rings. The molecule has 4 heterocycles. The molecule has 1 atom stereocenters. The summed E-state index contributed by atoms with van der Waals surface area (Å²) < 4.78 is 40.2. The lowest BCUT2D eigenvalue weighted by Crippen LogP contribution is -2.55. The minimum absolute atomic E-state index is 0.0146. The van der Waals surface area contributed by atoms with Crippen molar-refractivity contribution >= 4 is 17.8 Å². The van der Waals surface area contributed by atoms with Crippen LogP contribution in [0.4, 0.5) is 13.2 Å². The molecule has 36 heavy (non-hydrogen) atoms. The van der Waals surface area contributed by atoms with Gasteiger partial charge in [0.15, 0.2) is 6.10 Å². The number of amides is 2. The molecule has 13 heteroatoms. The van der Waals surface area contributed by atoms with Crippen LogP contribution in [0, 0.1) is 0 Å². The van der Waals surface area contributed by atoms with E-state index in [1.165, 1.54) is 0 Å². The number of alkyl halides is 3. The van der Waals surface area contributed by atoms with Crippen molar-refractivity contribution in [3.63, 3.8) is 0 Å². The second-order valence-electron chi connectivity index (χ2n) is 8.32. The molecular formula is C23H28F3N5O5. The third kappa shape index (κ3) is 5.83. The minimum Gasteiger partial charge on any atom is -0.475 e. The predicted molar refractivity (Wildman–Crippen MR) is 120 cm³/mol. The molecular weight excluding hydrogens is 483 g/mol. The third-order valence-corrected chi connectivity index (χ3v) is 6.19. The van der Waals surface area contributed by atoms with Crippen LogP contribution in [0.5, 0.6) is 0 Å². The second-order valence-corrected chi connectivity index (χ2v) is 8.32. The van der Waals surface area contributed by atoms with Crippen LogP contribution in [0.1, 0.15) is 43.0 Å². The summed E-state index contributed by atoms with van der Waals surface area (Å²) in [6, 6.07) is 5.34. The van der Waals surface area contributed by atoms with Gasteiger partial charge in [-0.15, -0.1) is 0 Å². The number of carbonyl (C=O) groups is 3. The lowest BCUT2D eigenvalue weighted by molar-refractivity contribution is -0.192. The maximum Gasteiger partial charge on any atom is 0.490 e. The van der Waals surface area contributed by atoms with E-state index in [0.29, 0.717) is 51.3 Å². The molecule has 0 saturated carbocycles. The first-order valence-electron chi connectivity index (χ1n) is 11.5. The highest BCUT2D eigenvalue weighted by Gasteiger charge is 2.48. The van der Waals surface area contributed by atoms with Crippen LogP contribution in [-0.4, -0.2) is 85.7 Å². The largest absolute Gasteiger partial charge is 0.490 e. The van der Waals surface area contributed by atoms with Crippen LogP contribution >= 0.6 is 0 Å². The summed E-state index contributed by atoms with van der Waals surface area (Å²) in [6.07, 6.45) is 0.886. The Morgan fingerprint density at radius 1 is 1.14 bits per heavy atom. The zero-order chi connectivity index (χ0) is 26.5. The Bertz CT molecular complexity index is 1060. The molecule has 1 saturated heterocycles. The van der Waals surface area contributed by atoms with Gasteiger partial charge in [0.05, 0.1) is 6.54 Å². The summed E-state index contributed by atoms with van der Waals surface area (Å²) in [6.45, 7) is 6.82. The molecule has 2 aromatic heterocycles. The van der Waals surface area contributed by atoms with Gasteiger partial charge in [-0.2, -0.15) is 13.2 Å². The fraction of sp³-hybridized carbons (Fsp3) is 0.522. The Kier molecular flexibility index (Phi) is 8.33. The van der Waals surface area contributed by atoms with Gasteiger partial charge in [-0.1, -0.05) is 6.07 Å². The fourth-order valence-electron chi connectivity index (χ4n) is 4.33. The monoisotopic (exact) mass is 511 g/mol. The van der Waals surface area contributed by atoms with E-state index in [2.05, 4.69) is 9.97 Å². The van der Waals surface area contributed by atoms with E-state index in [9.17, 15) is 22.8 Å². The van der Waals surface area contributed by atoms with E-state index in [4.69, 9.17) is 14.6 Å². The second kappa shape index (κ2) is 11.1. The van der Waals surface area contributed by atoms with Crippen molar-refractivity contribution in [3.8, 4) is 0 Å². The van der Waals surface area contributed by atoms with Gasteiger partial charge in [-0.3, -0.25) is 14.6 Å². The molecule has 2 aromatic rings. The fourth-order valence-corrected chi connectivity index (χ4v) is 4.33. The highest BCUT2D eigenvalue weighted by Crippen LogP contribution is 2.40. The van der Waals surface area contributed by atoms with Crippen LogP contribution in [-0.2, 0) is 26.5 Å². The number of likely N-dealkylation sites (tertiary alicyclic amines) is 1. The van der Waals surface area contributed by atoms with Crippen LogP contribution in [0.25, 0.3) is 0 Å². The number of carboxylic acid groups (broad SMARTS) is 1. The lowest BCUT2D eigenvalue weighted by Gasteiger charge is -2.46. The van der Waals surface area contributed by atoms with Crippen molar-refractivity contribution in [1.82, 2.24) is 24.3 Å². The van der Waals surface area contributed by atoms with Gasteiger partial charge in [0.2, 0.25) is 0 Å². The number of carbonyl (C=O) groups excluding carboxylic acids is 2. The average Bonchev–Trinajstić information content (AvgIpc) is 3.35. The summed E-state index contributed by atoms with van der Waals surface area (Å²) in [7, 11) is 0. The number of likely N-dealkylation sites (N-methyl/N-ethyl adjacent to an activating group) is 1. The Hall–Kier alpha value is -3.48. The van der Waals surface area contributed by atoms with E-state index < -0.39 is 23.9 Å². The van der Waals surface area contributed by atoms with Crippen molar-refractivity contribution in [2.45, 2.75) is 51.1 Å². The molecule has 0 radical (unpaired) electrons. The molecule has 196 valence electrons. The molecule has 1 N–H and O–H groups in total. The molecule has 2 aliphatic heterocycles. The molecule has 0 aliphatic carbocycles. The summed E-state index contributed by atoms with van der Waals surface area (Å²) in [4.78, 5) is 46.9. The zero-order valence-corrected chi connectivity index (χ0v) is 19.9. The highest BCUT2D eigenvalue weighted by molar-refractivity contribution is 5.92. The van der Waals surface area contributed by atoms with Gasteiger partial charge in [0.25, 0.3) is 11.8 Å². The summed E-state index contributed by atoms with van der Waals surface area (Å²) in [5.74, 6) is -1.96. The Balaban J connectivity index is 0.000000454. The molecule has 1 unspecified atom stereocenters. The molecule has 1 fully saturated rings. The van der Waals surface area contributed by atoms with E-state index >= 15 is 0 Å². The average molecular weight is 512 g/mol. The van der Waals surface area contributed by atoms with E-state index in [-0.39, 0.29) is 11.8 Å². The molecule has 10 nitrogen and oxygen atoms in total. The van der Waals surface area contributed by atoms with Crippen LogP contribution in [0.3, 0.4) is 0 Å². The lowest BCUT2D eigenvalue weighted by atomic mass is 9.88. The summed E-state index contributed by atoms with van der Waals surface area (Å²) in [5.41, 5.74) is -0.194. The van der Waals surface area contributed by atoms with Crippen molar-refractivity contribution in [2.24, 2.45) is 0 Å². The molecule has 4 rings (SSSR count). The minimum atomic E-state index is -5.08. The number of ether oxygens (including phenoxy) is 1. The first-order valence-corrected chi connectivity index (χ1v) is 11.5. The number of aromatic nitrogens is 3. The first kappa shape index (κ1) is 27.1. The quantitative estimate of drug-likeness (QED) is 0.669. The van der Waals surface area contributed by atoms with Gasteiger partial charge in [0.1, 0.15) is 17.1 Å². The maximum absolute atomic E-state index is 13.0. The Morgan fingerprint density at radius 2 is 1.78 bits per heavy atom. The topological polar surface area (TPSA) is 118 Å². The predicted octanol–water partition coefficient (Wildman–Crippen LogP) is 2.31. The van der Waals surface area contributed by atoms with Gasteiger partial charge in [0, 0.05) is 57.6 Å². The SMILES string of the molecule is CCN(CC)C(=O)C1Cn2ccnc2C2(CCN(C(=O)c3ccccn3)CC2)O1.O=C(O)C(F)(F)F. The van der Waals surface area contributed by atoms with E-state index in [1.807, 2.05) is 30.7 Å². The maximum atomic E-state index is 13.0. The number of imidazole rings is 1. The number of fused-ring (bicyclic) bond motifs is 2. The summed E-state index contributed by atoms with van der Waals surface area (Å²) in [5, 5.41) is 7.12. The van der Waals surface area contributed by atoms with Crippen molar-refractivity contribution < 1.29 is 37.4 Å². The van der Waals surface area contributed by atoms with Crippen LogP contribution in [0.15, 0.2) is 36.8 Å². The number of carboxylic acids is 1. The van der Waals surface area contributed by atoms with Crippen molar-refractivity contribution in [3.05, 3.63) is 48.3 Å². The van der Waals surface area contributed by atoms with Crippen molar-refractivity contribution in [2.75, 3.05) is 26.2 Å². The Labute approximate surface area is 205 Å². The molecule has 1 spiro atoms. The van der Waals surface area contributed by atoms with Gasteiger partial charge < -0.3 is 24.2 Å². The van der Waals surface area contributed by atoms with E-state index in [1.54, 1.807) is 34.3 Å². The number of hydrogen-bond donors (Lipinski definition) is 1. The van der Waals surface area contributed by atoms with Gasteiger partial charge in [-0.05, 0) is 26.0 Å². The van der Waals surface area contributed by atoms with Crippen LogP contribution < -0.4 is 0 Å². The summed E-state index contributed by atoms with van der Waals surface area (Å²) >= 11 is 0. The number of hydrogen-bond acceptors (Lipinski definition) is 6. The normalized spacial score (nSPS) is 18.6. The van der Waals surface area contributed by atoms with Crippen molar-refractivity contribution in [1.29, 1.82) is 0 Å². The Morgan fingerprint density at radius 3 is 2.31 bits per heavy atom. The van der Waals surface area contributed by atoms with Gasteiger partial charge >= 0.3 is 12.1 Å². The number of rotatable bonds is 4. The molecule has 2 amide bonds. The smallest absolute Gasteiger partial charge is 0.475 e. The van der Waals surface area contributed by atoms with Gasteiger partial charge in [-0.25, -0.2) is 9.78 Å². The standard InChI is InChI=1S/C21H27N5O3.C2HF3O2/c1-3-24(4-2)19(28)17-15-26-14-11-23-20(26)21(29-17)8-12-25(13-9-21)18(27)16-7-5-6-10-22-16;3-2(4,5)1(6)7/h5-7,10-11,14,17H,3-4,8-9,12-13,15H2,1-2H3;(H,6,7). The number of aliphatic carboxylic acids is 1. The molecule has 0 aromatic carbocycles. The number of pyridine rings is 1. The number of nitrogens with zero attached hydrogens (tertiary/aromatic N) is 5. The first-order chi connectivity index (χ1) is 17.0. The molecule has 0 bridgehead atoms. The van der Waals surface area contributed by atoms with Crippen LogP contribution in [0.2, 0.25) is 0 Å². The highest BCUT2D eigenvalue weighted by atomic mass is 19.4. The number of halogens is 3. The van der Waals surface area contributed by atoms with E-state index in [0.717, 1.165) is 5.82 Å². The third-order valence-electron chi connectivity index (χ3n) is 6.19.